The second-order valence-corrected chi connectivity index (χ2v) is 4.79. The van der Waals surface area contributed by atoms with E-state index in [9.17, 15) is 9.59 Å². The second-order valence-electron chi connectivity index (χ2n) is 4.38. The highest BCUT2D eigenvalue weighted by Gasteiger charge is 2.33. The number of hydrogen-bond donors (Lipinski definition) is 1. The molecule has 5 nitrogen and oxygen atoms in total. The smallest absolute Gasteiger partial charge is 0.410 e. The highest BCUT2D eigenvalue weighted by atomic mass is 35.5. The molecule has 1 amide bonds. The molecule has 0 aliphatic carbocycles. The van der Waals surface area contributed by atoms with Crippen molar-refractivity contribution in [3.63, 3.8) is 0 Å². The highest BCUT2D eigenvalue weighted by Crippen LogP contribution is 2.23. The van der Waals surface area contributed by atoms with Crippen molar-refractivity contribution in [2.75, 3.05) is 6.61 Å². The van der Waals surface area contributed by atoms with Crippen LogP contribution in [-0.2, 0) is 16.1 Å². The largest absolute Gasteiger partial charge is 0.481 e. The molecule has 0 saturated carbocycles. The molecule has 1 aliphatic heterocycles. The molecule has 0 spiro atoms. The summed E-state index contributed by atoms with van der Waals surface area (Å²) in [5.74, 6) is -0.878. The van der Waals surface area contributed by atoms with Crippen LogP contribution in [0.3, 0.4) is 0 Å². The molecule has 0 radical (unpaired) electrons. The molecule has 1 aromatic rings. The van der Waals surface area contributed by atoms with E-state index in [4.69, 9.17) is 21.4 Å². The summed E-state index contributed by atoms with van der Waals surface area (Å²) in [6, 6.07) is 7.04. The lowest BCUT2D eigenvalue weighted by Gasteiger charge is -2.21. The predicted octanol–water partition coefficient (Wildman–Crippen LogP) is 2.53. The maximum atomic E-state index is 11.7. The molecule has 1 aromatic carbocycles. The number of benzene rings is 1. The number of aliphatic carboxylic acids is 1. The number of nitrogens with zero attached hydrogens (tertiary/aromatic N) is 1. The zero-order valence-corrected chi connectivity index (χ0v) is 11.0. The van der Waals surface area contributed by atoms with E-state index in [0.29, 0.717) is 18.0 Å². The summed E-state index contributed by atoms with van der Waals surface area (Å²) in [4.78, 5) is 23.8. The number of cyclic esters (lactones) is 1. The first-order valence-corrected chi connectivity index (χ1v) is 6.34. The van der Waals surface area contributed by atoms with Gasteiger partial charge in [0, 0.05) is 11.4 Å². The molecule has 0 aromatic heterocycles. The lowest BCUT2D eigenvalue weighted by atomic mass is 10.1. The SMILES string of the molecule is O=C(O)CCC1COC(=O)N1Cc1ccccc1Cl. The van der Waals surface area contributed by atoms with Gasteiger partial charge in [-0.2, -0.15) is 0 Å². The van der Waals surface area contributed by atoms with Crippen molar-refractivity contribution in [2.24, 2.45) is 0 Å². The summed E-state index contributed by atoms with van der Waals surface area (Å²) in [5, 5.41) is 9.28. The van der Waals surface area contributed by atoms with E-state index in [2.05, 4.69) is 0 Å². The molecule has 102 valence electrons. The number of carbonyl (C=O) groups excluding carboxylic acids is 1. The van der Waals surface area contributed by atoms with Crippen LogP contribution in [0.5, 0.6) is 0 Å². The molecular formula is C13H14ClNO4. The first kappa shape index (κ1) is 13.7. The first-order chi connectivity index (χ1) is 9.08. The van der Waals surface area contributed by atoms with Gasteiger partial charge in [-0.15, -0.1) is 0 Å². The van der Waals surface area contributed by atoms with Crippen LogP contribution in [0, 0.1) is 0 Å². The average Bonchev–Trinajstić information content (AvgIpc) is 2.71. The molecule has 1 unspecified atom stereocenters. The number of halogens is 1. The first-order valence-electron chi connectivity index (χ1n) is 5.96. The molecule has 2 rings (SSSR count). The molecule has 1 fully saturated rings. The summed E-state index contributed by atoms with van der Waals surface area (Å²) >= 11 is 6.05. The zero-order valence-electron chi connectivity index (χ0n) is 10.2. The Labute approximate surface area is 115 Å². The minimum Gasteiger partial charge on any atom is -0.481 e. The molecule has 19 heavy (non-hydrogen) atoms. The van der Waals surface area contributed by atoms with Crippen LogP contribution in [-0.4, -0.2) is 34.7 Å². The van der Waals surface area contributed by atoms with E-state index in [1.54, 1.807) is 6.07 Å². The normalized spacial score (nSPS) is 18.5. The third-order valence-corrected chi connectivity index (χ3v) is 3.43. The quantitative estimate of drug-likeness (QED) is 0.902. The van der Waals surface area contributed by atoms with Crippen LogP contribution in [0.15, 0.2) is 24.3 Å². The Kier molecular flexibility index (Phi) is 4.27. The van der Waals surface area contributed by atoms with Gasteiger partial charge < -0.3 is 9.84 Å². The van der Waals surface area contributed by atoms with Gasteiger partial charge in [-0.05, 0) is 18.1 Å². The Morgan fingerprint density at radius 1 is 1.47 bits per heavy atom. The number of amides is 1. The fourth-order valence-electron chi connectivity index (χ4n) is 2.02. The standard InChI is InChI=1S/C13H14ClNO4/c14-11-4-2-1-3-9(11)7-15-10(5-6-12(16)17)8-19-13(15)18/h1-4,10H,5-8H2,(H,16,17). The van der Waals surface area contributed by atoms with Crippen molar-refractivity contribution in [3.05, 3.63) is 34.9 Å². The van der Waals surface area contributed by atoms with Crippen molar-refractivity contribution in [1.29, 1.82) is 0 Å². The minimum atomic E-state index is -0.878. The maximum absolute atomic E-state index is 11.7. The van der Waals surface area contributed by atoms with Gasteiger partial charge in [0.2, 0.25) is 0 Å². The van der Waals surface area contributed by atoms with Crippen molar-refractivity contribution >= 4 is 23.7 Å². The third kappa shape index (κ3) is 3.38. The summed E-state index contributed by atoms with van der Waals surface area (Å²) in [6.45, 7) is 0.569. The van der Waals surface area contributed by atoms with Gasteiger partial charge in [0.15, 0.2) is 0 Å². The van der Waals surface area contributed by atoms with Gasteiger partial charge in [-0.1, -0.05) is 29.8 Å². The number of rotatable bonds is 5. The summed E-state index contributed by atoms with van der Waals surface area (Å²) in [7, 11) is 0. The van der Waals surface area contributed by atoms with Gasteiger partial charge >= 0.3 is 12.1 Å². The summed E-state index contributed by atoms with van der Waals surface area (Å²) < 4.78 is 4.97. The van der Waals surface area contributed by atoms with E-state index < -0.39 is 12.1 Å². The van der Waals surface area contributed by atoms with Gasteiger partial charge in [-0.25, -0.2) is 4.79 Å². The van der Waals surface area contributed by atoms with E-state index in [1.807, 2.05) is 18.2 Å². The Balaban J connectivity index is 2.05. The van der Waals surface area contributed by atoms with Crippen molar-refractivity contribution in [2.45, 2.75) is 25.4 Å². The molecular weight excluding hydrogens is 270 g/mol. The third-order valence-electron chi connectivity index (χ3n) is 3.06. The van der Waals surface area contributed by atoms with Crippen LogP contribution in [0.25, 0.3) is 0 Å². The van der Waals surface area contributed by atoms with Crippen molar-refractivity contribution in [1.82, 2.24) is 4.90 Å². The van der Waals surface area contributed by atoms with Crippen molar-refractivity contribution in [3.8, 4) is 0 Å². The molecule has 1 saturated heterocycles. The monoisotopic (exact) mass is 283 g/mol. The second kappa shape index (κ2) is 5.93. The maximum Gasteiger partial charge on any atom is 0.410 e. The Hall–Kier alpha value is -1.75. The van der Waals surface area contributed by atoms with E-state index in [1.165, 1.54) is 4.90 Å². The van der Waals surface area contributed by atoms with Gasteiger partial charge in [0.1, 0.15) is 6.61 Å². The van der Waals surface area contributed by atoms with Gasteiger partial charge in [0.05, 0.1) is 12.6 Å². The summed E-state index contributed by atoms with van der Waals surface area (Å²) in [6.07, 6.45) is -0.0263. The lowest BCUT2D eigenvalue weighted by Crippen LogP contribution is -2.33. The number of ether oxygens (including phenoxy) is 1. The van der Waals surface area contributed by atoms with Crippen LogP contribution in [0.1, 0.15) is 18.4 Å². The van der Waals surface area contributed by atoms with Crippen LogP contribution in [0.4, 0.5) is 4.79 Å². The Morgan fingerprint density at radius 3 is 2.89 bits per heavy atom. The average molecular weight is 284 g/mol. The molecule has 1 atom stereocenters. The highest BCUT2D eigenvalue weighted by molar-refractivity contribution is 6.31. The Bertz CT molecular complexity index is 491. The van der Waals surface area contributed by atoms with E-state index >= 15 is 0 Å². The predicted molar refractivity (Wildman–Crippen MR) is 69.0 cm³/mol. The summed E-state index contributed by atoms with van der Waals surface area (Å²) in [5.41, 5.74) is 0.823. The van der Waals surface area contributed by atoms with Crippen LogP contribution in [0.2, 0.25) is 5.02 Å². The molecule has 1 N–H and O–H groups in total. The molecule has 0 bridgehead atoms. The fraction of sp³-hybridized carbons (Fsp3) is 0.385. The number of carboxylic acids is 1. The van der Waals surface area contributed by atoms with E-state index in [0.717, 1.165) is 5.56 Å². The number of hydrogen-bond acceptors (Lipinski definition) is 3. The van der Waals surface area contributed by atoms with Crippen LogP contribution >= 0.6 is 11.6 Å². The van der Waals surface area contributed by atoms with Crippen molar-refractivity contribution < 1.29 is 19.4 Å². The molecule has 1 aliphatic rings. The topological polar surface area (TPSA) is 66.8 Å². The fourth-order valence-corrected chi connectivity index (χ4v) is 2.22. The minimum absolute atomic E-state index is 0.0142. The molecule has 6 heteroatoms. The number of carbonyl (C=O) groups is 2. The van der Waals surface area contributed by atoms with Gasteiger partial charge in [-0.3, -0.25) is 9.69 Å². The Morgan fingerprint density at radius 2 is 2.21 bits per heavy atom. The van der Waals surface area contributed by atoms with Gasteiger partial charge in [0.25, 0.3) is 0 Å². The van der Waals surface area contributed by atoms with E-state index in [-0.39, 0.29) is 19.1 Å². The number of carboxylic acid groups (broad SMARTS) is 1. The van der Waals surface area contributed by atoms with Crippen LogP contribution < -0.4 is 0 Å². The zero-order chi connectivity index (χ0) is 13.8. The lowest BCUT2D eigenvalue weighted by molar-refractivity contribution is -0.137. The molecule has 1 heterocycles.